The second-order valence-corrected chi connectivity index (χ2v) is 31.7. The van der Waals surface area contributed by atoms with Gasteiger partial charge in [0.15, 0.2) is 46.6 Å². The summed E-state index contributed by atoms with van der Waals surface area (Å²) < 4.78 is 10.7. The van der Waals surface area contributed by atoms with Crippen molar-refractivity contribution < 1.29 is 4.42 Å². The SMILES string of the molecule is Cc1nc(-c2ccccc2)nc(-c2ccc(-n3c4ccccc4c4ccccc43)cc2)n1.Cc1nc(-c2ccccc2)nc(-c2ccc3c(c2)c2ccccc2n3-c2ccccc2)n1.Clc1nc(-c2ccc3c(c2)oc2ccccc23)nc(-c2cccc3c2Cc2ccccc2-3)n1.Clc1nc(-c2cccc(-c3ccccc3)c2)nc(-c2cccc(-c3ccccc3)c2)n1. The van der Waals surface area contributed by atoms with Crippen molar-refractivity contribution in [1.29, 1.82) is 0 Å². The molecule has 7 heterocycles. The second kappa shape index (κ2) is 34.7. The molecule has 128 heavy (non-hydrogen) atoms. The van der Waals surface area contributed by atoms with Gasteiger partial charge in [0, 0.05) is 88.2 Å². The summed E-state index contributed by atoms with van der Waals surface area (Å²) in [6, 6.07) is 137. The number of nitrogens with zero attached hydrogens (tertiary/aromatic N) is 14. The highest BCUT2D eigenvalue weighted by atomic mass is 35.5. The highest BCUT2D eigenvalue weighted by Gasteiger charge is 2.25. The van der Waals surface area contributed by atoms with E-state index in [1.54, 1.807) is 0 Å². The minimum absolute atomic E-state index is 0.174. The van der Waals surface area contributed by atoms with E-state index >= 15 is 0 Å². The Morgan fingerprint density at radius 1 is 0.219 bits per heavy atom. The Labute approximate surface area is 746 Å². The van der Waals surface area contributed by atoms with Crippen LogP contribution in [0.2, 0.25) is 10.6 Å². The van der Waals surface area contributed by atoms with Crippen LogP contribution in [0.1, 0.15) is 22.8 Å². The van der Waals surface area contributed by atoms with E-state index in [4.69, 9.17) is 47.6 Å². The summed E-state index contributed by atoms with van der Waals surface area (Å²) in [5.74, 6) is 6.40. The number of rotatable bonds is 12. The van der Waals surface area contributed by atoms with E-state index < -0.39 is 0 Å². The molecule has 0 atom stereocenters. The number of furan rings is 1. The third kappa shape index (κ3) is 15.9. The van der Waals surface area contributed by atoms with Crippen LogP contribution in [-0.4, -0.2) is 68.9 Å². The minimum Gasteiger partial charge on any atom is -0.456 e. The summed E-state index contributed by atoms with van der Waals surface area (Å²) in [7, 11) is 0. The number of hydrogen-bond donors (Lipinski definition) is 0. The van der Waals surface area contributed by atoms with E-state index in [2.05, 4.69) is 280 Å². The third-order valence-corrected chi connectivity index (χ3v) is 23.2. The van der Waals surface area contributed by atoms with Gasteiger partial charge >= 0.3 is 0 Å². The van der Waals surface area contributed by atoms with E-state index in [9.17, 15) is 0 Å². The number of benzene rings is 16. The molecule has 15 nitrogen and oxygen atoms in total. The first-order valence-corrected chi connectivity index (χ1v) is 42.8. The van der Waals surface area contributed by atoms with Crippen LogP contribution in [0, 0.1) is 13.8 Å². The predicted octanol–water partition coefficient (Wildman–Crippen LogP) is 27.7. The van der Waals surface area contributed by atoms with Crippen molar-refractivity contribution >= 4 is 88.8 Å². The Morgan fingerprint density at radius 3 is 1.09 bits per heavy atom. The molecule has 0 N–H and O–H groups in total. The Hall–Kier alpha value is -16.5. The van der Waals surface area contributed by atoms with Gasteiger partial charge in [-0.05, 0) is 191 Å². The van der Waals surface area contributed by atoms with Gasteiger partial charge in [-0.15, -0.1) is 0 Å². The molecule has 23 aromatic rings. The second-order valence-electron chi connectivity index (χ2n) is 31.0. The quantitative estimate of drug-likeness (QED) is 0.113. The van der Waals surface area contributed by atoms with E-state index in [-0.39, 0.29) is 10.6 Å². The summed E-state index contributed by atoms with van der Waals surface area (Å²) >= 11 is 12.7. The average molecular weight is 1690 g/mol. The van der Waals surface area contributed by atoms with Gasteiger partial charge in [-0.3, -0.25) is 0 Å². The lowest BCUT2D eigenvalue weighted by atomic mass is 10.0. The van der Waals surface area contributed by atoms with Crippen molar-refractivity contribution in [3.05, 3.63) is 434 Å². The van der Waals surface area contributed by atoms with Crippen LogP contribution in [0.5, 0.6) is 0 Å². The van der Waals surface area contributed by atoms with E-state index in [0.717, 1.165) is 112 Å². The van der Waals surface area contributed by atoms with Crippen LogP contribution >= 0.6 is 23.2 Å². The van der Waals surface area contributed by atoms with Gasteiger partial charge in [-0.1, -0.05) is 297 Å². The van der Waals surface area contributed by atoms with Crippen molar-refractivity contribution in [2.45, 2.75) is 20.3 Å². The van der Waals surface area contributed by atoms with Gasteiger partial charge < -0.3 is 13.6 Å². The summed E-state index contributed by atoms with van der Waals surface area (Å²) in [6.45, 7) is 3.82. The Bertz CT molecular complexity index is 7940. The maximum Gasteiger partial charge on any atom is 0.226 e. The summed E-state index contributed by atoms with van der Waals surface area (Å²) in [5.41, 5.74) is 25.7. The monoisotopic (exact) mass is 1690 g/mol. The van der Waals surface area contributed by atoms with Crippen LogP contribution in [-0.2, 0) is 6.42 Å². The zero-order valence-electron chi connectivity index (χ0n) is 69.2. The molecule has 16 aromatic carbocycles. The van der Waals surface area contributed by atoms with Crippen molar-refractivity contribution in [3.63, 3.8) is 0 Å². The van der Waals surface area contributed by atoms with E-state index in [1.807, 2.05) is 184 Å². The molecule has 0 amide bonds. The maximum absolute atomic E-state index is 6.39. The van der Waals surface area contributed by atoms with Crippen LogP contribution in [0.4, 0.5) is 0 Å². The molecule has 0 bridgehead atoms. The molecule has 1 aliphatic rings. The number of fused-ring (bicyclic) bond motifs is 12. The highest BCUT2D eigenvalue weighted by Crippen LogP contribution is 2.43. The van der Waals surface area contributed by atoms with Crippen molar-refractivity contribution in [2.24, 2.45) is 0 Å². The number of aryl methyl sites for hydroxylation is 2. The lowest BCUT2D eigenvalue weighted by Crippen LogP contribution is -2.00. The zero-order valence-corrected chi connectivity index (χ0v) is 70.7. The molecule has 608 valence electrons. The first-order chi connectivity index (χ1) is 63.1. The molecule has 17 heteroatoms. The Morgan fingerprint density at radius 2 is 0.555 bits per heavy atom. The molecule has 0 unspecified atom stereocenters. The number of para-hydroxylation sites is 5. The van der Waals surface area contributed by atoms with Gasteiger partial charge in [0.1, 0.15) is 22.8 Å². The minimum atomic E-state index is 0.174. The molecule has 0 saturated heterocycles. The Balaban J connectivity index is 0.000000104. The fourth-order valence-electron chi connectivity index (χ4n) is 17.0. The highest BCUT2D eigenvalue weighted by molar-refractivity contribution is 6.28. The fourth-order valence-corrected chi connectivity index (χ4v) is 17.3. The third-order valence-electron chi connectivity index (χ3n) is 22.9. The molecule has 0 radical (unpaired) electrons. The average Bonchev–Trinajstić information content (AvgIpc) is 1.60. The van der Waals surface area contributed by atoms with Crippen molar-refractivity contribution in [1.82, 2.24) is 68.9 Å². The predicted molar refractivity (Wildman–Crippen MR) is 517 cm³/mol. The van der Waals surface area contributed by atoms with Crippen molar-refractivity contribution in [3.8, 4) is 136 Å². The standard InChI is InChI=1S/C28H16ClN3O.2C28H20N4.C27H18ClN3/c29-28-31-26(17-12-13-21-20-8-3-4-11-24(20)33-25(21)15-17)30-27(32-28)22-10-5-9-19-18-7-2-1-6-16(18)14-23(19)22;1-19-29-27(20-10-4-2-5-11-20)31-28(30-19)21-16-17-26-24(18-21)23-14-8-9-15-25(23)32(26)22-12-6-3-7-13-22;1-19-29-27(20-9-3-2-4-10-20)31-28(30-19)21-15-17-22(18-16-21)32-25-13-7-5-11-23(25)24-12-6-8-14-26(24)32;28-27-30-25(23-15-7-13-21(17-23)19-9-3-1-4-10-19)29-26(31-27)24-16-8-14-22(18-24)20-11-5-2-6-12-20/h1-13,15H,14H2;2*2-18H,1H3;1-18H. The van der Waals surface area contributed by atoms with Gasteiger partial charge in [0.05, 0.1) is 22.1 Å². The number of aromatic nitrogens is 14. The van der Waals surface area contributed by atoms with Crippen LogP contribution in [0.15, 0.2) is 405 Å². The molecule has 0 aliphatic heterocycles. The molecule has 0 fully saturated rings. The molecular formula is C111H74Cl2N14O. The summed E-state index contributed by atoms with van der Waals surface area (Å²) in [5, 5.41) is 7.41. The van der Waals surface area contributed by atoms with Gasteiger partial charge in [0.25, 0.3) is 0 Å². The van der Waals surface area contributed by atoms with Crippen LogP contribution in [0.25, 0.3) is 201 Å². The first-order valence-electron chi connectivity index (χ1n) is 42.1. The topological polar surface area (TPSA) is 178 Å². The van der Waals surface area contributed by atoms with Gasteiger partial charge in [-0.25, -0.2) is 39.9 Å². The molecular weight excluding hydrogens is 1620 g/mol. The molecule has 0 saturated carbocycles. The summed E-state index contributed by atoms with van der Waals surface area (Å²) in [4.78, 5) is 55.1. The van der Waals surface area contributed by atoms with Gasteiger partial charge in [0.2, 0.25) is 10.6 Å². The molecule has 7 aromatic heterocycles. The summed E-state index contributed by atoms with van der Waals surface area (Å²) in [6.07, 6.45) is 0.852. The smallest absolute Gasteiger partial charge is 0.226 e. The number of hydrogen-bond acceptors (Lipinski definition) is 13. The fraction of sp³-hybridized carbons (Fsp3) is 0.0270. The Kier molecular flexibility index (Phi) is 21.3. The molecule has 24 rings (SSSR count). The zero-order chi connectivity index (χ0) is 86.0. The molecule has 0 spiro atoms. The molecule has 1 aliphatic carbocycles. The van der Waals surface area contributed by atoms with Crippen LogP contribution in [0.3, 0.4) is 0 Å². The normalized spacial score (nSPS) is 11.4. The van der Waals surface area contributed by atoms with Crippen molar-refractivity contribution in [2.75, 3.05) is 0 Å². The van der Waals surface area contributed by atoms with Gasteiger partial charge in [-0.2, -0.15) is 19.9 Å². The lowest BCUT2D eigenvalue weighted by Gasteiger charge is -2.09. The number of halogens is 2. The van der Waals surface area contributed by atoms with Crippen LogP contribution < -0.4 is 0 Å². The largest absolute Gasteiger partial charge is 0.456 e. The van der Waals surface area contributed by atoms with E-state index in [1.165, 1.54) is 60.3 Å². The van der Waals surface area contributed by atoms with E-state index in [0.29, 0.717) is 58.2 Å². The first kappa shape index (κ1) is 78.8. The lowest BCUT2D eigenvalue weighted by molar-refractivity contribution is 0.669. The maximum atomic E-state index is 6.39.